The molecule has 4 aliphatic rings. The molecule has 1 aromatic carbocycles. The standard InChI is InChI=1S/C15H16F2N2O2/c16-10-1-2-12(11(17)3-10)18-14(20)13-7-19-6-9-4-15(19,5-9)8-21-13/h1-3,9,13H,4-8H2,(H,18,20). The zero-order valence-corrected chi connectivity index (χ0v) is 11.4. The van der Waals surface area contributed by atoms with Gasteiger partial charge in [0.15, 0.2) is 0 Å². The predicted octanol–water partition coefficient (Wildman–Crippen LogP) is 1.77. The average molecular weight is 294 g/mol. The summed E-state index contributed by atoms with van der Waals surface area (Å²) in [5.74, 6) is -1.08. The Morgan fingerprint density at radius 3 is 2.90 bits per heavy atom. The van der Waals surface area contributed by atoms with Crippen molar-refractivity contribution in [1.82, 2.24) is 4.90 Å². The molecule has 1 unspecified atom stereocenters. The summed E-state index contributed by atoms with van der Waals surface area (Å²) in [4.78, 5) is 14.5. The number of amides is 1. The highest BCUT2D eigenvalue weighted by molar-refractivity contribution is 5.94. The molecule has 4 nitrogen and oxygen atoms in total. The molecule has 0 radical (unpaired) electrons. The van der Waals surface area contributed by atoms with Crippen molar-refractivity contribution in [3.05, 3.63) is 29.8 Å². The first-order valence-corrected chi connectivity index (χ1v) is 7.18. The lowest BCUT2D eigenvalue weighted by atomic mass is 9.73. The number of ether oxygens (including phenoxy) is 1. The molecule has 3 saturated heterocycles. The number of hydrogen-bond acceptors (Lipinski definition) is 3. The van der Waals surface area contributed by atoms with Crippen molar-refractivity contribution < 1.29 is 18.3 Å². The van der Waals surface area contributed by atoms with Gasteiger partial charge in [-0.05, 0) is 30.9 Å². The average Bonchev–Trinajstić information content (AvgIpc) is 2.95. The van der Waals surface area contributed by atoms with Gasteiger partial charge in [-0.1, -0.05) is 0 Å². The van der Waals surface area contributed by atoms with Crippen LogP contribution in [0.25, 0.3) is 0 Å². The van der Waals surface area contributed by atoms with Crippen LogP contribution in [0.15, 0.2) is 18.2 Å². The molecule has 1 atom stereocenters. The van der Waals surface area contributed by atoms with Crippen LogP contribution in [0, 0.1) is 17.6 Å². The molecule has 21 heavy (non-hydrogen) atoms. The molecule has 1 aromatic rings. The van der Waals surface area contributed by atoms with E-state index in [0.29, 0.717) is 13.2 Å². The summed E-state index contributed by atoms with van der Waals surface area (Å²) in [6, 6.07) is 3.09. The molecular formula is C15H16F2N2O2. The summed E-state index contributed by atoms with van der Waals surface area (Å²) in [6.07, 6.45) is 1.72. The van der Waals surface area contributed by atoms with Crippen LogP contribution in [0.2, 0.25) is 0 Å². The fraction of sp³-hybridized carbons (Fsp3) is 0.533. The van der Waals surface area contributed by atoms with Crippen molar-refractivity contribution in [2.45, 2.75) is 24.5 Å². The van der Waals surface area contributed by atoms with Crippen LogP contribution < -0.4 is 5.32 Å². The van der Waals surface area contributed by atoms with Gasteiger partial charge in [-0.2, -0.15) is 0 Å². The summed E-state index contributed by atoms with van der Waals surface area (Å²) in [7, 11) is 0. The number of hydrogen-bond donors (Lipinski definition) is 1. The number of halogens is 2. The maximum atomic E-state index is 13.6. The Bertz CT molecular complexity index is 601. The lowest BCUT2D eigenvalue weighted by Crippen LogP contribution is -2.59. The quantitative estimate of drug-likeness (QED) is 0.904. The van der Waals surface area contributed by atoms with Crippen LogP contribution in [0.5, 0.6) is 0 Å². The molecule has 3 heterocycles. The van der Waals surface area contributed by atoms with Gasteiger partial charge in [0.2, 0.25) is 0 Å². The Kier molecular flexibility index (Phi) is 2.81. The minimum atomic E-state index is -0.779. The fourth-order valence-electron chi connectivity index (χ4n) is 3.86. The molecule has 1 aliphatic carbocycles. The molecule has 1 amide bonds. The number of anilines is 1. The number of benzene rings is 1. The fourth-order valence-corrected chi connectivity index (χ4v) is 3.86. The third-order valence-corrected chi connectivity index (χ3v) is 4.91. The molecule has 3 aliphatic heterocycles. The maximum Gasteiger partial charge on any atom is 0.254 e. The zero-order valence-electron chi connectivity index (χ0n) is 11.4. The van der Waals surface area contributed by atoms with Gasteiger partial charge >= 0.3 is 0 Å². The third kappa shape index (κ3) is 2.05. The molecule has 1 N–H and O–H groups in total. The van der Waals surface area contributed by atoms with Gasteiger partial charge in [-0.3, -0.25) is 9.69 Å². The number of morpholine rings is 1. The topological polar surface area (TPSA) is 41.6 Å². The Morgan fingerprint density at radius 2 is 2.14 bits per heavy atom. The molecule has 112 valence electrons. The number of rotatable bonds is 2. The van der Waals surface area contributed by atoms with E-state index in [0.717, 1.165) is 37.4 Å². The largest absolute Gasteiger partial charge is 0.365 e. The van der Waals surface area contributed by atoms with Crippen LogP contribution >= 0.6 is 0 Å². The molecule has 4 fully saturated rings. The van der Waals surface area contributed by atoms with E-state index in [2.05, 4.69) is 10.2 Å². The van der Waals surface area contributed by atoms with Gasteiger partial charge in [-0.15, -0.1) is 0 Å². The Hall–Kier alpha value is -1.53. The Morgan fingerprint density at radius 1 is 1.33 bits per heavy atom. The van der Waals surface area contributed by atoms with Gasteiger partial charge in [0.05, 0.1) is 12.3 Å². The molecule has 0 aromatic heterocycles. The number of carbonyl (C=O) groups excluding carboxylic acids is 1. The minimum absolute atomic E-state index is 0.0176. The molecule has 2 bridgehead atoms. The third-order valence-electron chi connectivity index (χ3n) is 4.91. The highest BCUT2D eigenvalue weighted by atomic mass is 19.1. The van der Waals surface area contributed by atoms with E-state index in [1.54, 1.807) is 0 Å². The van der Waals surface area contributed by atoms with Crippen molar-refractivity contribution in [1.29, 1.82) is 0 Å². The number of carbonyl (C=O) groups is 1. The molecule has 5 rings (SSSR count). The second-order valence-electron chi connectivity index (χ2n) is 6.32. The van der Waals surface area contributed by atoms with Gasteiger partial charge < -0.3 is 10.1 Å². The first kappa shape index (κ1) is 13.2. The van der Waals surface area contributed by atoms with E-state index >= 15 is 0 Å². The van der Waals surface area contributed by atoms with Crippen LogP contribution in [-0.4, -0.2) is 42.1 Å². The molecule has 1 spiro atoms. The highest BCUT2D eigenvalue weighted by Crippen LogP contribution is 2.52. The van der Waals surface area contributed by atoms with Crippen LogP contribution in [0.4, 0.5) is 14.5 Å². The molecule has 6 heteroatoms. The SMILES string of the molecule is O=C(Nc1ccc(F)cc1F)C1CN2CC3CC2(CO1)C3. The highest BCUT2D eigenvalue weighted by Gasteiger charge is 2.58. The van der Waals surface area contributed by atoms with Gasteiger partial charge in [0, 0.05) is 24.7 Å². The van der Waals surface area contributed by atoms with E-state index in [9.17, 15) is 13.6 Å². The Labute approximate surface area is 121 Å². The lowest BCUT2D eigenvalue weighted by Gasteiger charge is -2.47. The normalized spacial score (nSPS) is 34.2. The van der Waals surface area contributed by atoms with Gasteiger partial charge in [0.25, 0.3) is 5.91 Å². The first-order chi connectivity index (χ1) is 10.1. The van der Waals surface area contributed by atoms with Gasteiger partial charge in [0.1, 0.15) is 17.7 Å². The number of nitrogens with zero attached hydrogens (tertiary/aromatic N) is 1. The molecular weight excluding hydrogens is 278 g/mol. The van der Waals surface area contributed by atoms with Crippen molar-refractivity contribution >= 4 is 11.6 Å². The maximum absolute atomic E-state index is 13.6. The predicted molar refractivity (Wildman–Crippen MR) is 71.8 cm³/mol. The van der Waals surface area contributed by atoms with Gasteiger partial charge in [-0.25, -0.2) is 8.78 Å². The summed E-state index contributed by atoms with van der Waals surface area (Å²) in [5, 5.41) is 2.48. The summed E-state index contributed by atoms with van der Waals surface area (Å²) in [6.45, 7) is 2.14. The smallest absolute Gasteiger partial charge is 0.254 e. The monoisotopic (exact) mass is 294 g/mol. The number of nitrogens with one attached hydrogen (secondary N) is 1. The first-order valence-electron chi connectivity index (χ1n) is 7.18. The lowest BCUT2D eigenvalue weighted by molar-refractivity contribution is -0.144. The van der Waals surface area contributed by atoms with Crippen molar-refractivity contribution in [3.63, 3.8) is 0 Å². The second kappa shape index (κ2) is 4.48. The van der Waals surface area contributed by atoms with Crippen LogP contribution in [0.3, 0.4) is 0 Å². The van der Waals surface area contributed by atoms with Crippen molar-refractivity contribution in [3.8, 4) is 0 Å². The summed E-state index contributed by atoms with van der Waals surface area (Å²) >= 11 is 0. The van der Waals surface area contributed by atoms with E-state index in [1.807, 2.05) is 0 Å². The zero-order chi connectivity index (χ0) is 14.6. The second-order valence-corrected chi connectivity index (χ2v) is 6.32. The van der Waals surface area contributed by atoms with E-state index in [4.69, 9.17) is 4.74 Å². The van der Waals surface area contributed by atoms with Crippen molar-refractivity contribution in [2.24, 2.45) is 5.92 Å². The van der Waals surface area contributed by atoms with E-state index < -0.39 is 17.7 Å². The minimum Gasteiger partial charge on any atom is -0.365 e. The van der Waals surface area contributed by atoms with Crippen LogP contribution in [-0.2, 0) is 9.53 Å². The summed E-state index contributed by atoms with van der Waals surface area (Å²) < 4.78 is 32.1. The Balaban J connectivity index is 1.43. The molecule has 1 saturated carbocycles. The van der Waals surface area contributed by atoms with E-state index in [1.165, 1.54) is 6.07 Å². The summed E-state index contributed by atoms with van der Waals surface area (Å²) in [5.41, 5.74) is 0.138. The van der Waals surface area contributed by atoms with E-state index in [-0.39, 0.29) is 17.1 Å². The van der Waals surface area contributed by atoms with Crippen LogP contribution in [0.1, 0.15) is 12.8 Å². The van der Waals surface area contributed by atoms with Crippen molar-refractivity contribution in [2.75, 3.05) is 25.0 Å².